The lowest BCUT2D eigenvalue weighted by Gasteiger charge is -2.11. The fourth-order valence-corrected chi connectivity index (χ4v) is 2.14. The van der Waals surface area contributed by atoms with Crippen LogP contribution >= 0.6 is 0 Å². The van der Waals surface area contributed by atoms with Crippen LogP contribution in [0.15, 0.2) is 42.5 Å². The summed E-state index contributed by atoms with van der Waals surface area (Å²) in [6.45, 7) is 4.11. The molecule has 0 spiro atoms. The van der Waals surface area contributed by atoms with E-state index in [1.54, 1.807) is 31.3 Å². The summed E-state index contributed by atoms with van der Waals surface area (Å²) in [5, 5.41) is 0. The van der Waals surface area contributed by atoms with Crippen LogP contribution in [0.3, 0.4) is 0 Å². The summed E-state index contributed by atoms with van der Waals surface area (Å²) >= 11 is 0. The van der Waals surface area contributed by atoms with Crippen LogP contribution in [0.4, 0.5) is 5.69 Å². The highest BCUT2D eigenvalue weighted by molar-refractivity contribution is 5.98. The number of aryl methyl sites for hydroxylation is 2. The molecule has 1 amide bonds. The highest BCUT2D eigenvalue weighted by atomic mass is 16.1. The van der Waals surface area contributed by atoms with Gasteiger partial charge in [0, 0.05) is 24.7 Å². The smallest absolute Gasteiger partial charge is 0.213 e. The zero-order valence-electron chi connectivity index (χ0n) is 12.6. The summed E-state index contributed by atoms with van der Waals surface area (Å²) < 4.78 is 0. The van der Waals surface area contributed by atoms with E-state index in [0.717, 1.165) is 17.7 Å². The molecule has 0 aromatic heterocycles. The van der Waals surface area contributed by atoms with Gasteiger partial charge >= 0.3 is 0 Å². The van der Waals surface area contributed by atoms with Gasteiger partial charge < -0.3 is 4.90 Å². The first-order chi connectivity index (χ1) is 10.0. The van der Waals surface area contributed by atoms with Gasteiger partial charge in [-0.2, -0.15) is 0 Å². The van der Waals surface area contributed by atoms with Gasteiger partial charge in [-0.3, -0.25) is 9.59 Å². The molecule has 0 saturated heterocycles. The molecule has 3 nitrogen and oxygen atoms in total. The number of ketones is 1. The molecule has 0 radical (unpaired) electrons. The normalized spacial score (nSPS) is 10.2. The summed E-state index contributed by atoms with van der Waals surface area (Å²) in [6.07, 6.45) is 1.13. The molecule has 0 unspecified atom stereocenters. The summed E-state index contributed by atoms with van der Waals surface area (Å²) in [5.41, 5.74) is 4.89. The Kier molecular flexibility index (Phi) is 4.53. The highest BCUT2D eigenvalue weighted by Gasteiger charge is 2.08. The Morgan fingerprint density at radius 3 is 2.29 bits per heavy atom. The van der Waals surface area contributed by atoms with Crippen molar-refractivity contribution < 1.29 is 9.59 Å². The largest absolute Gasteiger partial charge is 0.318 e. The van der Waals surface area contributed by atoms with E-state index in [9.17, 15) is 9.59 Å². The lowest BCUT2D eigenvalue weighted by atomic mass is 9.99. The lowest BCUT2D eigenvalue weighted by Crippen LogP contribution is -2.13. The van der Waals surface area contributed by atoms with Gasteiger partial charge in [0.15, 0.2) is 5.78 Å². The first kappa shape index (κ1) is 15.0. The van der Waals surface area contributed by atoms with Crippen LogP contribution in [-0.4, -0.2) is 19.2 Å². The van der Waals surface area contributed by atoms with Crippen molar-refractivity contribution in [2.45, 2.75) is 20.3 Å². The predicted molar refractivity (Wildman–Crippen MR) is 84.9 cm³/mol. The minimum Gasteiger partial charge on any atom is -0.318 e. The Morgan fingerprint density at radius 2 is 1.71 bits per heavy atom. The van der Waals surface area contributed by atoms with Crippen LogP contribution in [0.25, 0.3) is 0 Å². The molecule has 2 rings (SSSR count). The van der Waals surface area contributed by atoms with Crippen molar-refractivity contribution in [2.75, 3.05) is 11.9 Å². The maximum atomic E-state index is 12.3. The minimum absolute atomic E-state index is 0.0820. The molecule has 2 aromatic carbocycles. The second-order valence-corrected chi connectivity index (χ2v) is 5.28. The van der Waals surface area contributed by atoms with E-state index >= 15 is 0 Å². The van der Waals surface area contributed by atoms with Crippen LogP contribution in [0.1, 0.15) is 27.0 Å². The van der Waals surface area contributed by atoms with Crippen LogP contribution in [0, 0.1) is 13.8 Å². The third kappa shape index (κ3) is 3.57. The van der Waals surface area contributed by atoms with Gasteiger partial charge in [-0.05, 0) is 54.8 Å². The average molecular weight is 281 g/mol. The molecule has 0 heterocycles. The molecule has 0 aliphatic heterocycles. The van der Waals surface area contributed by atoms with Crippen LogP contribution in [-0.2, 0) is 11.2 Å². The summed E-state index contributed by atoms with van der Waals surface area (Å²) in [7, 11) is 1.68. The number of rotatable bonds is 5. The van der Waals surface area contributed by atoms with Crippen molar-refractivity contribution in [3.63, 3.8) is 0 Å². The van der Waals surface area contributed by atoms with Gasteiger partial charge in [0.25, 0.3) is 0 Å². The number of carbonyl (C=O) groups excluding carboxylic acids is 2. The Labute approximate surface area is 125 Å². The third-order valence-corrected chi connectivity index (χ3v) is 3.69. The van der Waals surface area contributed by atoms with Crippen molar-refractivity contribution in [1.29, 1.82) is 0 Å². The second kappa shape index (κ2) is 6.35. The number of Topliss-reactive ketones (excluding diaryl/α,β-unsaturated/α-hetero) is 1. The first-order valence-corrected chi connectivity index (χ1v) is 6.89. The van der Waals surface area contributed by atoms with Crippen LogP contribution in [0.2, 0.25) is 0 Å². The van der Waals surface area contributed by atoms with Gasteiger partial charge in [-0.15, -0.1) is 0 Å². The zero-order chi connectivity index (χ0) is 15.4. The lowest BCUT2D eigenvalue weighted by molar-refractivity contribution is -0.107. The number of anilines is 1. The van der Waals surface area contributed by atoms with Gasteiger partial charge in [0.1, 0.15) is 0 Å². The van der Waals surface area contributed by atoms with E-state index in [4.69, 9.17) is 0 Å². The second-order valence-electron chi connectivity index (χ2n) is 5.28. The minimum atomic E-state index is 0.0820. The number of benzene rings is 2. The van der Waals surface area contributed by atoms with E-state index in [-0.39, 0.29) is 5.78 Å². The fourth-order valence-electron chi connectivity index (χ4n) is 2.14. The van der Waals surface area contributed by atoms with E-state index in [1.165, 1.54) is 16.0 Å². The molecule has 0 bridgehead atoms. The topological polar surface area (TPSA) is 37.4 Å². The molecular formula is C18H19NO2. The van der Waals surface area contributed by atoms with Gasteiger partial charge in [0.2, 0.25) is 6.41 Å². The molecule has 21 heavy (non-hydrogen) atoms. The number of amides is 1. The molecule has 2 aromatic rings. The Morgan fingerprint density at radius 1 is 1.05 bits per heavy atom. The first-order valence-electron chi connectivity index (χ1n) is 6.89. The van der Waals surface area contributed by atoms with Crippen molar-refractivity contribution >= 4 is 17.9 Å². The standard InChI is InChI=1S/C18H19NO2/c1-13-4-5-15(10-14(13)2)11-18(21)16-6-8-17(9-7-16)19(3)12-20/h4-10,12H,11H2,1-3H3. The number of hydrogen-bond acceptors (Lipinski definition) is 2. The average Bonchev–Trinajstić information content (AvgIpc) is 2.50. The van der Waals surface area contributed by atoms with Crippen LogP contribution < -0.4 is 4.90 Å². The van der Waals surface area contributed by atoms with E-state index in [2.05, 4.69) is 13.0 Å². The van der Waals surface area contributed by atoms with Crippen molar-refractivity contribution in [3.8, 4) is 0 Å². The molecule has 0 saturated carbocycles. The quantitative estimate of drug-likeness (QED) is 0.623. The third-order valence-electron chi connectivity index (χ3n) is 3.69. The maximum absolute atomic E-state index is 12.3. The Hall–Kier alpha value is -2.42. The molecule has 0 aliphatic carbocycles. The molecule has 0 fully saturated rings. The molecule has 0 aliphatic rings. The number of nitrogens with zero attached hydrogens (tertiary/aromatic N) is 1. The zero-order valence-corrected chi connectivity index (χ0v) is 12.6. The van der Waals surface area contributed by atoms with Gasteiger partial charge in [0.05, 0.1) is 0 Å². The van der Waals surface area contributed by atoms with Gasteiger partial charge in [-0.25, -0.2) is 0 Å². The molecular weight excluding hydrogens is 262 g/mol. The number of hydrogen-bond donors (Lipinski definition) is 0. The van der Waals surface area contributed by atoms with Gasteiger partial charge in [-0.1, -0.05) is 18.2 Å². The SMILES string of the molecule is Cc1ccc(CC(=O)c2ccc(N(C)C=O)cc2)cc1C. The molecule has 0 atom stereocenters. The monoisotopic (exact) mass is 281 g/mol. The molecule has 0 N–H and O–H groups in total. The Bertz CT molecular complexity index is 659. The summed E-state index contributed by atoms with van der Waals surface area (Å²) in [6, 6.07) is 13.2. The maximum Gasteiger partial charge on any atom is 0.213 e. The molecule has 108 valence electrons. The van der Waals surface area contributed by atoms with Crippen LogP contribution in [0.5, 0.6) is 0 Å². The highest BCUT2D eigenvalue weighted by Crippen LogP contribution is 2.16. The summed E-state index contributed by atoms with van der Waals surface area (Å²) in [5.74, 6) is 0.0820. The van der Waals surface area contributed by atoms with Crippen molar-refractivity contribution in [2.24, 2.45) is 0 Å². The Balaban J connectivity index is 2.12. The van der Waals surface area contributed by atoms with Crippen molar-refractivity contribution in [3.05, 3.63) is 64.7 Å². The number of carbonyl (C=O) groups is 2. The fraction of sp³-hybridized carbons (Fsp3) is 0.222. The summed E-state index contributed by atoms with van der Waals surface area (Å²) in [4.78, 5) is 24.4. The molecule has 3 heteroatoms. The predicted octanol–water partition coefficient (Wildman–Crippen LogP) is 3.32. The van der Waals surface area contributed by atoms with Crippen molar-refractivity contribution in [1.82, 2.24) is 0 Å². The van der Waals surface area contributed by atoms with E-state index in [1.807, 2.05) is 19.1 Å². The van der Waals surface area contributed by atoms with E-state index < -0.39 is 0 Å². The van der Waals surface area contributed by atoms with E-state index in [0.29, 0.717) is 12.0 Å².